The van der Waals surface area contributed by atoms with Crippen molar-refractivity contribution in [2.45, 2.75) is 62.4 Å². The molecule has 6 atom stereocenters. The zero-order valence-corrected chi connectivity index (χ0v) is 46.9. The van der Waals surface area contributed by atoms with E-state index >= 15 is 0 Å². The SMILES string of the molecule is COC(=O)[C@]1(O)Cc2c(O)c3c(c(O)c2[C@@H](OC2C[C@H](NCCNC(=O)c4nc(NC(=O)c5nc(NC(=O)c6nc(NC(=O)c7nc(NC(=O)CN(C)C)cn7C)cn6C)cn5C)cn4C)[C@H](O)[C@H](C)O2)C1)C(=O)c1c(OC)cccc1C3=O. The maximum atomic E-state index is 14.1. The van der Waals surface area contributed by atoms with E-state index in [4.69, 9.17) is 18.9 Å². The highest BCUT2D eigenvalue weighted by atomic mass is 16.7. The fraction of sp³-hybridized carbons (Fsp3) is 0.396. The van der Waals surface area contributed by atoms with Gasteiger partial charge in [-0.05, 0) is 27.1 Å². The van der Waals surface area contributed by atoms with Crippen LogP contribution >= 0.6 is 0 Å². The van der Waals surface area contributed by atoms with E-state index in [9.17, 15) is 58.8 Å². The van der Waals surface area contributed by atoms with E-state index in [1.807, 2.05) is 0 Å². The van der Waals surface area contributed by atoms with Gasteiger partial charge in [0.15, 0.2) is 40.9 Å². The van der Waals surface area contributed by atoms with Crippen molar-refractivity contribution in [3.8, 4) is 17.2 Å². The van der Waals surface area contributed by atoms with Crippen molar-refractivity contribution in [3.05, 3.63) is 99.7 Å². The molecule has 9 rings (SSSR count). The smallest absolute Gasteiger partial charge is 0.338 e. The Labute approximate surface area is 477 Å². The molecule has 6 aromatic rings. The number of imidazole rings is 4. The lowest BCUT2D eigenvalue weighted by Crippen LogP contribution is -2.55. The number of nitrogens with one attached hydrogen (secondary N) is 6. The molecule has 2 aromatic carbocycles. The van der Waals surface area contributed by atoms with Crippen molar-refractivity contribution in [3.63, 3.8) is 0 Å². The molecule has 31 heteroatoms. The Morgan fingerprint density at radius 2 is 1.24 bits per heavy atom. The summed E-state index contributed by atoms with van der Waals surface area (Å²) in [5.41, 5.74) is -4.05. The molecule has 444 valence electrons. The number of phenols is 2. The molecule has 5 amide bonds. The Kier molecular flexibility index (Phi) is 16.5. The fourth-order valence-electron chi connectivity index (χ4n) is 10.4. The lowest BCUT2D eigenvalue weighted by molar-refractivity contribution is -0.250. The van der Waals surface area contributed by atoms with Crippen LogP contribution in [0.3, 0.4) is 0 Å². The molecular formula is C53H61N15O16. The molecule has 1 aliphatic heterocycles. The van der Waals surface area contributed by atoms with E-state index in [0.717, 1.165) is 7.11 Å². The minimum absolute atomic E-state index is 0.0000498. The van der Waals surface area contributed by atoms with Gasteiger partial charge in [0, 0.05) is 108 Å². The van der Waals surface area contributed by atoms with Crippen LogP contribution in [0.25, 0.3) is 0 Å². The van der Waals surface area contributed by atoms with Gasteiger partial charge in [-0.25, -0.2) is 24.7 Å². The Hall–Kier alpha value is -9.40. The van der Waals surface area contributed by atoms with Crippen molar-refractivity contribution < 1.29 is 77.7 Å². The second kappa shape index (κ2) is 23.5. The van der Waals surface area contributed by atoms with Gasteiger partial charge in [0.2, 0.25) is 35.0 Å². The largest absolute Gasteiger partial charge is 0.507 e. The highest BCUT2D eigenvalue weighted by Gasteiger charge is 2.51. The number of amides is 5. The summed E-state index contributed by atoms with van der Waals surface area (Å²) < 4.78 is 28.1. The number of fused-ring (bicyclic) bond motifs is 3. The predicted molar refractivity (Wildman–Crippen MR) is 292 cm³/mol. The molecule has 0 spiro atoms. The minimum atomic E-state index is -2.35. The van der Waals surface area contributed by atoms with Crippen molar-refractivity contribution in [1.82, 2.24) is 53.7 Å². The molecule has 4 aromatic heterocycles. The lowest BCUT2D eigenvalue weighted by Gasteiger charge is -2.42. The normalized spacial score (nSPS) is 19.9. The first-order valence-electron chi connectivity index (χ1n) is 26.0. The summed E-state index contributed by atoms with van der Waals surface area (Å²) in [6.07, 6.45) is -0.292. The van der Waals surface area contributed by atoms with E-state index in [1.54, 1.807) is 33.0 Å². The van der Waals surface area contributed by atoms with Gasteiger partial charge in [-0.2, -0.15) is 0 Å². The number of anilines is 4. The van der Waals surface area contributed by atoms with Gasteiger partial charge in [0.1, 0.15) is 17.2 Å². The number of phenolic OH excluding ortho intramolecular Hbond substituents is 2. The molecule has 1 fully saturated rings. The summed E-state index contributed by atoms with van der Waals surface area (Å²) in [5.74, 6) is -7.47. The Morgan fingerprint density at radius 3 is 1.75 bits per heavy atom. The third-order valence-electron chi connectivity index (χ3n) is 14.3. The average molecular weight is 1160 g/mol. The van der Waals surface area contributed by atoms with Gasteiger partial charge in [-0.1, -0.05) is 12.1 Å². The summed E-state index contributed by atoms with van der Waals surface area (Å²) >= 11 is 0. The number of aliphatic hydroxyl groups excluding tert-OH is 1. The number of nitrogens with zero attached hydrogens (tertiary/aromatic N) is 9. The third kappa shape index (κ3) is 11.5. The van der Waals surface area contributed by atoms with E-state index in [0.29, 0.717) is 0 Å². The number of benzene rings is 2. The molecule has 2 aliphatic carbocycles. The van der Waals surface area contributed by atoms with Crippen LogP contribution in [0.1, 0.15) is 111 Å². The third-order valence-corrected chi connectivity index (χ3v) is 14.3. The number of aromatic nitrogens is 8. The molecule has 31 nitrogen and oxygen atoms in total. The summed E-state index contributed by atoms with van der Waals surface area (Å²) in [4.78, 5) is 125. The number of methoxy groups -OCH3 is 2. The van der Waals surface area contributed by atoms with Crippen molar-refractivity contribution in [1.29, 1.82) is 0 Å². The summed E-state index contributed by atoms with van der Waals surface area (Å²) in [6, 6.07) is 3.56. The number of ketones is 2. The number of esters is 1. The molecule has 84 heavy (non-hydrogen) atoms. The number of likely N-dealkylation sites (N-methyl/N-ethyl adjacent to an activating group) is 1. The van der Waals surface area contributed by atoms with Gasteiger partial charge in [0.25, 0.3) is 23.6 Å². The predicted octanol–water partition coefficient (Wildman–Crippen LogP) is -0.135. The van der Waals surface area contributed by atoms with Gasteiger partial charge in [0.05, 0.1) is 55.8 Å². The van der Waals surface area contributed by atoms with Gasteiger partial charge < -0.3 is 94.4 Å². The van der Waals surface area contributed by atoms with Crippen molar-refractivity contribution >= 4 is 70.3 Å². The highest BCUT2D eigenvalue weighted by molar-refractivity contribution is 6.31. The first-order chi connectivity index (χ1) is 39.8. The number of rotatable bonds is 18. The molecule has 10 N–H and O–H groups in total. The number of aliphatic hydroxyl groups is 2. The summed E-state index contributed by atoms with van der Waals surface area (Å²) in [6.45, 7) is 1.76. The van der Waals surface area contributed by atoms with Gasteiger partial charge >= 0.3 is 5.97 Å². The monoisotopic (exact) mass is 1160 g/mol. The Bertz CT molecular complexity index is 3670. The maximum Gasteiger partial charge on any atom is 0.338 e. The Morgan fingerprint density at radius 1 is 0.726 bits per heavy atom. The van der Waals surface area contributed by atoms with Crippen LogP contribution in [-0.2, 0) is 58.4 Å². The quantitative estimate of drug-likeness (QED) is 0.0304. The van der Waals surface area contributed by atoms with Crippen LogP contribution in [0.2, 0.25) is 0 Å². The fourth-order valence-corrected chi connectivity index (χ4v) is 10.4. The van der Waals surface area contributed by atoms with Gasteiger partial charge in [-0.3, -0.25) is 33.6 Å². The maximum absolute atomic E-state index is 14.1. The van der Waals surface area contributed by atoms with Crippen molar-refractivity contribution in [2.75, 3.05) is 69.2 Å². The minimum Gasteiger partial charge on any atom is -0.507 e. The summed E-state index contributed by atoms with van der Waals surface area (Å²) in [7, 11) is 12.0. The van der Waals surface area contributed by atoms with Crippen LogP contribution in [0.5, 0.6) is 17.2 Å². The molecule has 5 heterocycles. The molecular weight excluding hydrogens is 1100 g/mol. The molecule has 0 radical (unpaired) electrons. The van der Waals surface area contributed by atoms with E-state index in [1.165, 1.54) is 89.5 Å². The zero-order chi connectivity index (χ0) is 60.8. The van der Waals surface area contributed by atoms with Crippen molar-refractivity contribution in [2.24, 2.45) is 28.2 Å². The Balaban J connectivity index is 0.794. The lowest BCUT2D eigenvalue weighted by atomic mass is 9.73. The number of ether oxygens (including phenoxy) is 4. The number of carbonyl (C=O) groups excluding carboxylic acids is 8. The number of carbonyl (C=O) groups is 8. The second-order valence-electron chi connectivity index (χ2n) is 20.6. The number of aryl methyl sites for hydroxylation is 4. The molecule has 1 unspecified atom stereocenters. The van der Waals surface area contributed by atoms with E-state index in [2.05, 4.69) is 51.8 Å². The van der Waals surface area contributed by atoms with Crippen LogP contribution < -0.4 is 36.6 Å². The molecule has 0 bridgehead atoms. The first-order valence-corrected chi connectivity index (χ1v) is 26.0. The molecule has 1 saturated heterocycles. The number of hydrogen-bond donors (Lipinski definition) is 10. The van der Waals surface area contributed by atoms with Gasteiger partial charge in [-0.15, -0.1) is 0 Å². The van der Waals surface area contributed by atoms with E-state index in [-0.39, 0.29) is 107 Å². The summed E-state index contributed by atoms with van der Waals surface area (Å²) in [5, 5.41) is 62.8. The second-order valence-corrected chi connectivity index (χ2v) is 20.6. The standard InChI is InChI=1S/C53H61N15O16/c1-23-39(70)26(15-34(83-23)84-28-17-53(80,52(79)82-9)16-25-36(28)43(74)38-37(41(25)72)40(71)24-11-10-12-27(81-8)35(24)42(38)73)54-13-14-55-48(75)44-58-30(19-65(44)4)61-50(77)46-60-32(21-67(46)6)63-51(78)47-59-31(20-68(47)7)62-49(76)45-57-29(18-66(45)5)56-33(69)22-64(2)3/h10-12,18-21,23,26,28,34,39,54,70,72,74,80H,13-17,22H2,1-9H3,(H,55,75)(H,56,69)(H,61,77)(H,62,76)(H,63,78)/t23-,26-,28-,34?,39+,53-/m0/s1. The van der Waals surface area contributed by atoms with Crippen LogP contribution in [0.4, 0.5) is 23.3 Å². The number of hydrogen-bond acceptors (Lipinski definition) is 22. The average Bonchev–Trinajstić information content (AvgIpc) is 0.974. The number of aromatic hydroxyl groups is 2. The highest BCUT2D eigenvalue weighted by Crippen LogP contribution is 2.52. The molecule has 3 aliphatic rings. The zero-order valence-electron chi connectivity index (χ0n) is 46.9. The van der Waals surface area contributed by atoms with Crippen LogP contribution in [0, 0.1) is 0 Å². The van der Waals surface area contributed by atoms with E-state index < -0.39 is 113 Å². The van der Waals surface area contributed by atoms with Crippen LogP contribution in [0.15, 0.2) is 43.0 Å². The first kappa shape index (κ1) is 59.2. The van der Waals surface area contributed by atoms with Crippen LogP contribution in [-0.4, -0.2) is 189 Å². The topological polar surface area (TPSA) is 401 Å². The molecule has 0 saturated carbocycles.